The number of aryl methyl sites for hydroxylation is 2. The summed E-state index contributed by atoms with van der Waals surface area (Å²) in [5.41, 5.74) is 5.12. The molecule has 3 rings (SSSR count). The summed E-state index contributed by atoms with van der Waals surface area (Å²) in [6.45, 7) is 9.45. The van der Waals surface area contributed by atoms with E-state index in [0.717, 1.165) is 59.7 Å². The van der Waals surface area contributed by atoms with Crippen LogP contribution < -0.4 is 72.1 Å². The van der Waals surface area contributed by atoms with Crippen molar-refractivity contribution in [3.05, 3.63) is 59.5 Å². The zero-order chi connectivity index (χ0) is 23.5. The van der Waals surface area contributed by atoms with Crippen molar-refractivity contribution < 1.29 is 65.7 Å². The van der Waals surface area contributed by atoms with E-state index < -0.39 is 0 Å². The minimum absolute atomic E-state index is 0. The molecular formula is C26H35KN3O3-. The number of hydrogen-bond donors (Lipinski definition) is 3. The van der Waals surface area contributed by atoms with Gasteiger partial charge in [0, 0.05) is 30.8 Å². The number of methoxy groups -OCH3 is 1. The molecule has 1 aliphatic carbocycles. The van der Waals surface area contributed by atoms with Crippen molar-refractivity contribution in [1.29, 1.82) is 0 Å². The van der Waals surface area contributed by atoms with E-state index >= 15 is 0 Å². The van der Waals surface area contributed by atoms with Crippen LogP contribution in [0.4, 0.5) is 11.4 Å². The van der Waals surface area contributed by atoms with Crippen LogP contribution >= 0.6 is 0 Å². The Balaban J connectivity index is 0.000000323. The molecule has 3 N–H and O–H groups in total. The topological polar surface area (TPSA) is 79.5 Å². The fourth-order valence-electron chi connectivity index (χ4n) is 3.67. The fraction of sp³-hybridized carbons (Fsp3) is 0.423. The first-order chi connectivity index (χ1) is 15.4. The predicted octanol–water partition coefficient (Wildman–Crippen LogP) is 1.40. The predicted molar refractivity (Wildman–Crippen MR) is 131 cm³/mol. The summed E-state index contributed by atoms with van der Waals surface area (Å²) in [7, 11) is 3.54. The van der Waals surface area contributed by atoms with Crippen LogP contribution in [0.5, 0.6) is 5.75 Å². The van der Waals surface area contributed by atoms with Gasteiger partial charge in [-0.25, -0.2) is 5.56 Å². The molecule has 7 heteroatoms. The number of benzene rings is 2. The molecule has 0 spiro atoms. The Bertz CT molecular complexity index is 912. The van der Waals surface area contributed by atoms with Crippen LogP contribution in [0.15, 0.2) is 30.3 Å². The number of rotatable bonds is 8. The number of carbonyl (C=O) groups excluding carboxylic acids is 2. The molecule has 2 aromatic rings. The Labute approximate surface area is 241 Å². The van der Waals surface area contributed by atoms with E-state index in [-0.39, 0.29) is 63.2 Å². The van der Waals surface area contributed by atoms with Crippen molar-refractivity contribution in [2.75, 3.05) is 37.9 Å². The Hall–Kier alpha value is -1.35. The fourth-order valence-corrected chi connectivity index (χ4v) is 3.67. The minimum Gasteiger partial charge on any atom is -0.496 e. The molecule has 0 aliphatic heterocycles. The van der Waals surface area contributed by atoms with Gasteiger partial charge >= 0.3 is 51.4 Å². The third-order valence-corrected chi connectivity index (χ3v) is 5.69. The summed E-state index contributed by atoms with van der Waals surface area (Å²) in [6, 6.07) is 9.52. The van der Waals surface area contributed by atoms with Gasteiger partial charge in [0.1, 0.15) is 5.75 Å². The van der Waals surface area contributed by atoms with E-state index in [0.29, 0.717) is 5.56 Å². The normalized spacial score (nSPS) is 12.7. The Kier molecular flexibility index (Phi) is 14.0. The summed E-state index contributed by atoms with van der Waals surface area (Å²) in [5.74, 6) is 1.16. The molecule has 1 aliphatic rings. The summed E-state index contributed by atoms with van der Waals surface area (Å²) < 4.78 is 5.24. The molecule has 174 valence electrons. The van der Waals surface area contributed by atoms with Crippen molar-refractivity contribution >= 4 is 23.6 Å². The number of anilines is 2. The van der Waals surface area contributed by atoms with Crippen LogP contribution in [0.25, 0.3) is 0 Å². The number of carbonyl (C=O) groups is 1. The minimum atomic E-state index is 0. The van der Waals surface area contributed by atoms with Crippen LogP contribution in [0.2, 0.25) is 0 Å². The van der Waals surface area contributed by atoms with Gasteiger partial charge in [-0.1, -0.05) is 25.8 Å². The van der Waals surface area contributed by atoms with E-state index in [1.807, 2.05) is 51.4 Å². The number of hydrogen-bond acceptors (Lipinski definition) is 5. The van der Waals surface area contributed by atoms with Gasteiger partial charge in [-0.05, 0) is 50.4 Å². The molecule has 0 aromatic heterocycles. The van der Waals surface area contributed by atoms with Gasteiger partial charge in [-0.2, -0.15) is 6.07 Å². The zero-order valence-electron chi connectivity index (χ0n) is 20.6. The third kappa shape index (κ3) is 9.43. The van der Waals surface area contributed by atoms with Crippen molar-refractivity contribution in [1.82, 2.24) is 5.32 Å². The molecule has 1 fully saturated rings. The van der Waals surface area contributed by atoms with Gasteiger partial charge in [0.05, 0.1) is 7.11 Å². The third-order valence-electron chi connectivity index (χ3n) is 5.69. The van der Waals surface area contributed by atoms with E-state index in [1.165, 1.54) is 12.8 Å². The average molecular weight is 477 g/mol. The first-order valence-corrected chi connectivity index (χ1v) is 11.1. The summed E-state index contributed by atoms with van der Waals surface area (Å²) in [6.07, 6.45) is 6.30. The van der Waals surface area contributed by atoms with Crippen molar-refractivity contribution in [2.24, 2.45) is 5.92 Å². The second-order valence-electron chi connectivity index (χ2n) is 8.11. The quantitative estimate of drug-likeness (QED) is 0.305. The van der Waals surface area contributed by atoms with Crippen molar-refractivity contribution in [3.63, 3.8) is 0 Å². The van der Waals surface area contributed by atoms with Gasteiger partial charge < -0.3 is 25.5 Å². The first kappa shape index (κ1) is 29.7. The molecule has 0 saturated heterocycles. The maximum atomic E-state index is 11.9. The Morgan fingerprint density at radius 1 is 1.09 bits per heavy atom. The Morgan fingerprint density at radius 3 is 2.39 bits per heavy atom. The summed E-state index contributed by atoms with van der Waals surface area (Å²) in [4.78, 5) is 22.6. The largest absolute Gasteiger partial charge is 1.00 e. The molecule has 6 nitrogen and oxygen atoms in total. The summed E-state index contributed by atoms with van der Waals surface area (Å²) >= 11 is 0. The van der Waals surface area contributed by atoms with Gasteiger partial charge in [-0.3, -0.25) is 22.8 Å². The van der Waals surface area contributed by atoms with Crippen LogP contribution in [0.1, 0.15) is 47.9 Å². The first-order valence-electron chi connectivity index (χ1n) is 11.1. The number of nitrogens with one attached hydrogen (secondary N) is 3. The summed E-state index contributed by atoms with van der Waals surface area (Å²) in [5, 5.41) is 9.23. The molecule has 0 radical (unpaired) electrons. The molecule has 33 heavy (non-hydrogen) atoms. The van der Waals surface area contributed by atoms with E-state index in [2.05, 4.69) is 22.9 Å². The maximum Gasteiger partial charge on any atom is 1.00 e. The average Bonchev–Trinajstić information content (AvgIpc) is 3.33. The van der Waals surface area contributed by atoms with E-state index in [1.54, 1.807) is 13.2 Å². The molecule has 0 atom stereocenters. The maximum absolute atomic E-state index is 11.9. The van der Waals surface area contributed by atoms with Gasteiger partial charge in [-0.15, -0.1) is 6.07 Å². The molecule has 0 heterocycles. The van der Waals surface area contributed by atoms with Crippen LogP contribution in [-0.4, -0.2) is 39.4 Å². The van der Waals surface area contributed by atoms with Crippen molar-refractivity contribution in [2.45, 2.75) is 39.5 Å². The smallest absolute Gasteiger partial charge is 0.496 e. The van der Waals surface area contributed by atoms with Crippen LogP contribution in [0.3, 0.4) is 0 Å². The Morgan fingerprint density at radius 2 is 1.79 bits per heavy atom. The van der Waals surface area contributed by atoms with E-state index in [4.69, 9.17) is 4.74 Å². The molecule has 0 unspecified atom stereocenters. The molecule has 1 saturated carbocycles. The number of likely N-dealkylation sites (N-methyl/N-ethyl adjacent to an activating group) is 1. The monoisotopic (exact) mass is 476 g/mol. The molecule has 1 amide bonds. The second-order valence-corrected chi connectivity index (χ2v) is 8.11. The standard InChI is InChI=1S/C14H19NO2.C12H16N2O.K/c1-10-7-8-12(9-13(10)17-2)15-14(16)11-5-3-4-6-11;1-9-6-12(14-5-4-13-3)7-11(8-15)10(9)2;/h7-9,11H,3-6H2,1-2H3,(H,15,16);6-7,13-14H,2,4-5H2,1,3H3;/q;-2;+1. The van der Waals surface area contributed by atoms with Gasteiger partial charge in [0.15, 0.2) is 0 Å². The molecule has 0 bridgehead atoms. The second kappa shape index (κ2) is 15.5. The number of amides is 1. The van der Waals surface area contributed by atoms with Gasteiger partial charge in [0.2, 0.25) is 5.91 Å². The molecular weight excluding hydrogens is 441 g/mol. The van der Waals surface area contributed by atoms with Crippen LogP contribution in [-0.2, 0) is 9.59 Å². The van der Waals surface area contributed by atoms with E-state index in [9.17, 15) is 9.59 Å². The van der Waals surface area contributed by atoms with Crippen molar-refractivity contribution in [3.8, 4) is 5.75 Å². The number of ether oxygens (including phenoxy) is 1. The van der Waals surface area contributed by atoms with Gasteiger partial charge in [0.25, 0.3) is 0 Å². The molecule has 2 aromatic carbocycles. The zero-order valence-corrected chi connectivity index (χ0v) is 23.8. The van der Waals surface area contributed by atoms with Crippen LogP contribution in [0, 0.1) is 26.7 Å². The SMILES string of the molecule is COc1cc(NC(=O)C2CCCC2)ccc1C.[CH2-]c1c(C)cc(NCCNC)cc1[C-]=O.[K+].